The lowest BCUT2D eigenvalue weighted by Gasteiger charge is -2.28. The van der Waals surface area contributed by atoms with Gasteiger partial charge >= 0.3 is 5.97 Å². The van der Waals surface area contributed by atoms with Crippen LogP contribution in [0.1, 0.15) is 29.8 Å². The Morgan fingerprint density at radius 1 is 1.37 bits per heavy atom. The summed E-state index contributed by atoms with van der Waals surface area (Å²) in [6.45, 7) is 0.612. The number of Topliss-reactive ketones (excluding diaryl/α,β-unsaturated/α-hetero) is 1. The number of aliphatic carboxylic acids is 1. The molecule has 4 rings (SSSR count). The van der Waals surface area contributed by atoms with Crippen molar-refractivity contribution in [3.05, 3.63) is 29.0 Å². The molecule has 27 heavy (non-hydrogen) atoms. The van der Waals surface area contributed by atoms with Crippen molar-refractivity contribution in [2.75, 3.05) is 13.7 Å². The molecule has 0 aromatic carbocycles. The third-order valence-electron chi connectivity index (χ3n) is 5.48. The van der Waals surface area contributed by atoms with Gasteiger partial charge in [-0.2, -0.15) is 5.10 Å². The van der Waals surface area contributed by atoms with E-state index >= 15 is 0 Å². The molecule has 3 heterocycles. The minimum absolute atomic E-state index is 0.0653. The fourth-order valence-electron chi connectivity index (χ4n) is 3.89. The molecule has 8 nitrogen and oxygen atoms in total. The number of nitrogens with zero attached hydrogens (tertiary/aromatic N) is 2. The number of carboxylic acid groups (broad SMARTS) is 1. The van der Waals surface area contributed by atoms with Crippen LogP contribution in [0.3, 0.4) is 0 Å². The Morgan fingerprint density at radius 2 is 2.19 bits per heavy atom. The molecule has 3 N–H and O–H groups in total. The number of aromatic nitrogens is 3. The maximum atomic E-state index is 12.9. The minimum Gasteiger partial charge on any atom is -0.481 e. The molecular formula is C18H19ClN4O4. The molecule has 0 radical (unpaired) electrons. The van der Waals surface area contributed by atoms with E-state index in [-0.39, 0.29) is 11.7 Å². The average molecular weight is 391 g/mol. The van der Waals surface area contributed by atoms with Gasteiger partial charge in [-0.3, -0.25) is 14.7 Å². The van der Waals surface area contributed by atoms with E-state index in [1.54, 1.807) is 12.1 Å². The molecule has 1 aliphatic carbocycles. The molecule has 1 saturated carbocycles. The number of hydrogen-bond donors (Lipinski definition) is 3. The molecule has 1 aliphatic heterocycles. The smallest absolute Gasteiger partial charge is 0.306 e. The largest absolute Gasteiger partial charge is 0.481 e. The van der Waals surface area contributed by atoms with Crippen molar-refractivity contribution >= 4 is 23.4 Å². The minimum atomic E-state index is -0.793. The van der Waals surface area contributed by atoms with Gasteiger partial charge in [-0.1, -0.05) is 11.6 Å². The van der Waals surface area contributed by atoms with Crippen LogP contribution in [-0.2, 0) is 4.79 Å². The quantitative estimate of drug-likeness (QED) is 0.669. The Kier molecular flexibility index (Phi) is 4.39. The van der Waals surface area contributed by atoms with E-state index in [0.29, 0.717) is 53.7 Å². The number of carboxylic acids is 1. The zero-order chi connectivity index (χ0) is 19.2. The molecule has 0 amide bonds. The number of H-pyrrole nitrogens is 1. The second kappa shape index (κ2) is 6.61. The van der Waals surface area contributed by atoms with Crippen molar-refractivity contribution in [3.63, 3.8) is 0 Å². The SMILES string of the molecule is COc1cc(-c2cc(C(=O)C3CC34CC(C(=O)O)CCN4)[nH]n2)c(Cl)cn1. The predicted molar refractivity (Wildman–Crippen MR) is 96.9 cm³/mol. The van der Waals surface area contributed by atoms with E-state index < -0.39 is 17.4 Å². The summed E-state index contributed by atoms with van der Waals surface area (Å²) < 4.78 is 5.11. The lowest BCUT2D eigenvalue weighted by atomic mass is 9.88. The Hall–Kier alpha value is -2.45. The summed E-state index contributed by atoms with van der Waals surface area (Å²) in [6.07, 6.45) is 3.19. The van der Waals surface area contributed by atoms with Gasteiger partial charge in [0.05, 0.1) is 29.9 Å². The highest BCUT2D eigenvalue weighted by molar-refractivity contribution is 6.33. The number of ether oxygens (including phenoxy) is 1. The maximum Gasteiger partial charge on any atom is 0.306 e. The molecule has 2 fully saturated rings. The maximum absolute atomic E-state index is 12.9. The molecule has 1 spiro atoms. The zero-order valence-corrected chi connectivity index (χ0v) is 15.4. The standard InChI is InChI=1S/C18H19ClN4O4/c1-27-15-4-10(12(19)8-20-15)13-5-14(23-22-13)16(24)11-7-18(11)6-9(17(25)26)2-3-21-18/h4-5,8-9,11,21H,2-3,6-7H2,1H3,(H,22,23)(H,25,26). The van der Waals surface area contributed by atoms with Crippen molar-refractivity contribution < 1.29 is 19.4 Å². The molecule has 2 aliphatic rings. The highest BCUT2D eigenvalue weighted by Gasteiger charge is 2.60. The van der Waals surface area contributed by atoms with Crippen molar-refractivity contribution in [1.29, 1.82) is 0 Å². The van der Waals surface area contributed by atoms with Crippen molar-refractivity contribution in [1.82, 2.24) is 20.5 Å². The molecule has 3 unspecified atom stereocenters. The van der Waals surface area contributed by atoms with E-state index in [4.69, 9.17) is 16.3 Å². The lowest BCUT2D eigenvalue weighted by Crippen LogP contribution is -2.44. The third kappa shape index (κ3) is 3.19. The van der Waals surface area contributed by atoms with Crippen LogP contribution in [0, 0.1) is 11.8 Å². The van der Waals surface area contributed by atoms with Gasteiger partial charge in [-0.25, -0.2) is 4.98 Å². The van der Waals surface area contributed by atoms with E-state index in [1.165, 1.54) is 13.3 Å². The van der Waals surface area contributed by atoms with E-state index in [0.717, 1.165) is 0 Å². The first-order chi connectivity index (χ1) is 12.9. The Bertz CT molecular complexity index is 915. The number of pyridine rings is 1. The van der Waals surface area contributed by atoms with Crippen LogP contribution in [0.25, 0.3) is 11.3 Å². The van der Waals surface area contributed by atoms with E-state index in [9.17, 15) is 14.7 Å². The van der Waals surface area contributed by atoms with Crippen LogP contribution < -0.4 is 10.1 Å². The van der Waals surface area contributed by atoms with Crippen LogP contribution in [0.15, 0.2) is 18.3 Å². The molecule has 1 saturated heterocycles. The second-order valence-corrected chi connectivity index (χ2v) is 7.51. The fraction of sp³-hybridized carbons (Fsp3) is 0.444. The number of aromatic amines is 1. The Morgan fingerprint density at radius 3 is 2.93 bits per heavy atom. The van der Waals surface area contributed by atoms with Gasteiger partial charge in [-0.15, -0.1) is 0 Å². The summed E-state index contributed by atoms with van der Waals surface area (Å²) in [5, 5.41) is 20.0. The molecule has 0 bridgehead atoms. The number of methoxy groups -OCH3 is 1. The highest BCUT2D eigenvalue weighted by atomic mass is 35.5. The number of piperidine rings is 1. The zero-order valence-electron chi connectivity index (χ0n) is 14.7. The number of carbonyl (C=O) groups excluding carboxylic acids is 1. The number of carbonyl (C=O) groups is 2. The number of hydrogen-bond acceptors (Lipinski definition) is 6. The van der Waals surface area contributed by atoms with Gasteiger partial charge in [0.25, 0.3) is 0 Å². The monoisotopic (exact) mass is 390 g/mol. The first-order valence-corrected chi connectivity index (χ1v) is 9.08. The molecule has 3 atom stereocenters. The van der Waals surface area contributed by atoms with Gasteiger partial charge in [0, 0.05) is 23.1 Å². The van der Waals surface area contributed by atoms with Gasteiger partial charge in [-0.05, 0) is 31.9 Å². The molecular weight excluding hydrogens is 372 g/mol. The van der Waals surface area contributed by atoms with Crippen LogP contribution in [0.5, 0.6) is 5.88 Å². The highest BCUT2D eigenvalue weighted by Crippen LogP contribution is 2.51. The molecule has 2 aromatic rings. The summed E-state index contributed by atoms with van der Waals surface area (Å²) >= 11 is 6.19. The van der Waals surface area contributed by atoms with Crippen LogP contribution in [0.4, 0.5) is 0 Å². The lowest BCUT2D eigenvalue weighted by molar-refractivity contribution is -0.143. The molecule has 142 valence electrons. The van der Waals surface area contributed by atoms with Gasteiger partial charge in [0.2, 0.25) is 5.88 Å². The second-order valence-electron chi connectivity index (χ2n) is 7.11. The van der Waals surface area contributed by atoms with Crippen LogP contribution in [0.2, 0.25) is 5.02 Å². The van der Waals surface area contributed by atoms with Crippen molar-refractivity contribution in [3.8, 4) is 17.1 Å². The van der Waals surface area contributed by atoms with Crippen LogP contribution >= 0.6 is 11.6 Å². The number of ketones is 1. The van der Waals surface area contributed by atoms with E-state index in [1.807, 2.05) is 0 Å². The normalized spacial score (nSPS) is 26.7. The number of rotatable bonds is 5. The van der Waals surface area contributed by atoms with Crippen molar-refractivity contribution in [2.24, 2.45) is 11.8 Å². The van der Waals surface area contributed by atoms with Gasteiger partial charge in [0.15, 0.2) is 5.78 Å². The van der Waals surface area contributed by atoms with Crippen molar-refractivity contribution in [2.45, 2.75) is 24.8 Å². The molecule has 2 aromatic heterocycles. The Labute approximate surface area is 160 Å². The average Bonchev–Trinajstić information content (AvgIpc) is 3.13. The summed E-state index contributed by atoms with van der Waals surface area (Å²) in [5.41, 5.74) is 1.13. The van der Waals surface area contributed by atoms with Gasteiger partial charge < -0.3 is 15.2 Å². The first kappa shape index (κ1) is 17.9. The Balaban J connectivity index is 1.53. The number of nitrogens with one attached hydrogen (secondary N) is 2. The van der Waals surface area contributed by atoms with Gasteiger partial charge in [0.1, 0.15) is 5.69 Å². The summed E-state index contributed by atoms with van der Waals surface area (Å²) in [5.74, 6) is -1.10. The predicted octanol–water partition coefficient (Wildman–Crippen LogP) is 2.16. The fourth-order valence-corrected chi connectivity index (χ4v) is 4.09. The molecule has 9 heteroatoms. The summed E-state index contributed by atoms with van der Waals surface area (Å²) in [7, 11) is 1.51. The van der Waals surface area contributed by atoms with Crippen LogP contribution in [-0.4, -0.2) is 51.2 Å². The number of halogens is 1. The summed E-state index contributed by atoms with van der Waals surface area (Å²) in [4.78, 5) is 28.2. The first-order valence-electron chi connectivity index (χ1n) is 8.71. The third-order valence-corrected chi connectivity index (χ3v) is 5.78. The van der Waals surface area contributed by atoms with E-state index in [2.05, 4.69) is 20.5 Å². The topological polar surface area (TPSA) is 117 Å². The summed E-state index contributed by atoms with van der Waals surface area (Å²) in [6, 6.07) is 3.32.